The number of benzene rings is 2. The number of halogens is 3. The van der Waals surface area contributed by atoms with Gasteiger partial charge in [-0.25, -0.2) is 0 Å². The van der Waals surface area contributed by atoms with E-state index < -0.39 is 0 Å². The minimum absolute atomic E-state index is 0.138. The first-order chi connectivity index (χ1) is 11.0. The third-order valence-electron chi connectivity index (χ3n) is 2.94. The fraction of sp³-hybridized carbons (Fsp3) is 0.188. The van der Waals surface area contributed by atoms with Gasteiger partial charge < -0.3 is 10.1 Å². The molecule has 2 aromatic rings. The van der Waals surface area contributed by atoms with Crippen molar-refractivity contribution >= 4 is 58.2 Å². The molecule has 0 unspecified atom stereocenters. The van der Waals surface area contributed by atoms with E-state index in [0.29, 0.717) is 32.3 Å². The molecule has 7 heteroatoms. The van der Waals surface area contributed by atoms with Gasteiger partial charge in [0.1, 0.15) is 5.75 Å². The van der Waals surface area contributed by atoms with Crippen LogP contribution in [0.5, 0.6) is 5.75 Å². The van der Waals surface area contributed by atoms with Crippen LogP contribution in [0, 0.1) is 0 Å². The fourth-order valence-electron chi connectivity index (χ4n) is 1.86. The number of methoxy groups -OCH3 is 1. The Morgan fingerprint density at radius 3 is 2.52 bits per heavy atom. The number of nitrogens with one attached hydrogen (secondary N) is 1. The summed E-state index contributed by atoms with van der Waals surface area (Å²) in [6.45, 7) is 0. The van der Waals surface area contributed by atoms with Crippen molar-refractivity contribution < 1.29 is 9.53 Å². The Morgan fingerprint density at radius 2 is 1.83 bits per heavy atom. The van der Waals surface area contributed by atoms with E-state index in [-0.39, 0.29) is 11.7 Å². The maximum absolute atomic E-state index is 12.0. The normalized spacial score (nSPS) is 10.4. The maximum atomic E-state index is 12.0. The summed E-state index contributed by atoms with van der Waals surface area (Å²) in [5.74, 6) is 1.33. The smallest absolute Gasteiger partial charge is 0.234 e. The minimum atomic E-state index is -0.138. The number of carbonyl (C=O) groups excluding carboxylic acids is 1. The lowest BCUT2D eigenvalue weighted by molar-refractivity contribution is -0.113. The summed E-state index contributed by atoms with van der Waals surface area (Å²) in [5, 5.41) is 4.51. The van der Waals surface area contributed by atoms with Gasteiger partial charge in [-0.2, -0.15) is 0 Å². The number of hydrogen-bond donors (Lipinski definition) is 1. The summed E-state index contributed by atoms with van der Waals surface area (Å²) < 4.78 is 5.19. The van der Waals surface area contributed by atoms with E-state index in [1.807, 2.05) is 6.07 Å². The summed E-state index contributed by atoms with van der Waals surface area (Å²) in [4.78, 5) is 12.0. The Bertz CT molecular complexity index is 710. The Balaban J connectivity index is 1.89. The quantitative estimate of drug-likeness (QED) is 0.705. The molecule has 122 valence electrons. The van der Waals surface area contributed by atoms with E-state index in [9.17, 15) is 4.79 Å². The number of amides is 1. The van der Waals surface area contributed by atoms with E-state index >= 15 is 0 Å². The third kappa shape index (κ3) is 5.50. The van der Waals surface area contributed by atoms with Crippen molar-refractivity contribution in [2.45, 2.75) is 5.75 Å². The predicted octanol–water partition coefficient (Wildman–Crippen LogP) is 5.53. The highest BCUT2D eigenvalue weighted by Crippen LogP contribution is 2.28. The molecule has 3 nitrogen and oxygen atoms in total. The van der Waals surface area contributed by atoms with E-state index in [4.69, 9.17) is 39.5 Å². The van der Waals surface area contributed by atoms with Crippen molar-refractivity contribution in [3.05, 3.63) is 57.0 Å². The average Bonchev–Trinajstić information content (AvgIpc) is 2.50. The van der Waals surface area contributed by atoms with E-state index in [1.54, 1.807) is 30.3 Å². The molecule has 0 aromatic heterocycles. The second-order valence-corrected chi connectivity index (χ2v) is 6.89. The van der Waals surface area contributed by atoms with Gasteiger partial charge in [-0.1, -0.05) is 40.9 Å². The second-order valence-electron chi connectivity index (χ2n) is 4.62. The number of hydrogen-bond acceptors (Lipinski definition) is 3. The number of rotatable bonds is 6. The molecular formula is C16H14Cl3NO2S. The summed E-state index contributed by atoms with van der Waals surface area (Å²) in [6, 6.07) is 10.4. The molecule has 2 rings (SSSR count). The minimum Gasteiger partial charge on any atom is -0.495 e. The predicted molar refractivity (Wildman–Crippen MR) is 99.3 cm³/mol. The van der Waals surface area contributed by atoms with Crippen molar-refractivity contribution in [3.63, 3.8) is 0 Å². The van der Waals surface area contributed by atoms with Crippen LogP contribution in [0.15, 0.2) is 36.4 Å². The molecule has 0 fully saturated rings. The first kappa shape index (κ1) is 18.3. The first-order valence-electron chi connectivity index (χ1n) is 6.64. The lowest BCUT2D eigenvalue weighted by atomic mass is 10.2. The fourth-order valence-corrected chi connectivity index (χ4v) is 3.41. The van der Waals surface area contributed by atoms with Crippen LogP contribution in [0.2, 0.25) is 15.1 Å². The molecule has 0 aliphatic heterocycles. The van der Waals surface area contributed by atoms with Crippen LogP contribution in [-0.4, -0.2) is 18.8 Å². The van der Waals surface area contributed by atoms with Gasteiger partial charge in [-0.05, 0) is 35.9 Å². The lowest BCUT2D eigenvalue weighted by Gasteiger charge is -2.10. The van der Waals surface area contributed by atoms with Gasteiger partial charge in [0, 0.05) is 20.8 Å². The van der Waals surface area contributed by atoms with Crippen LogP contribution in [0.25, 0.3) is 0 Å². The van der Waals surface area contributed by atoms with Crippen molar-refractivity contribution in [2.24, 2.45) is 0 Å². The molecule has 0 saturated carbocycles. The zero-order valence-electron chi connectivity index (χ0n) is 12.2. The standard InChI is InChI=1S/C16H14Cl3NO2S/c1-22-15-5-4-12(18)7-14(15)20-16(21)9-23-8-10-2-3-11(17)6-13(10)19/h2-7H,8-9H2,1H3,(H,20,21). The van der Waals surface area contributed by atoms with Crippen LogP contribution >= 0.6 is 46.6 Å². The Kier molecular flexibility index (Phi) is 6.90. The van der Waals surface area contributed by atoms with Gasteiger partial charge in [-0.15, -0.1) is 11.8 Å². The van der Waals surface area contributed by atoms with Gasteiger partial charge in [0.05, 0.1) is 18.6 Å². The van der Waals surface area contributed by atoms with Crippen LogP contribution in [0.3, 0.4) is 0 Å². The maximum Gasteiger partial charge on any atom is 0.234 e. The van der Waals surface area contributed by atoms with Crippen molar-refractivity contribution in [2.75, 3.05) is 18.2 Å². The molecular weight excluding hydrogens is 377 g/mol. The first-order valence-corrected chi connectivity index (χ1v) is 8.93. The van der Waals surface area contributed by atoms with Gasteiger partial charge >= 0.3 is 0 Å². The highest BCUT2D eigenvalue weighted by atomic mass is 35.5. The summed E-state index contributed by atoms with van der Waals surface area (Å²) in [6.07, 6.45) is 0. The largest absolute Gasteiger partial charge is 0.495 e. The Morgan fingerprint density at radius 1 is 1.13 bits per heavy atom. The topological polar surface area (TPSA) is 38.3 Å². The van der Waals surface area contributed by atoms with Gasteiger partial charge in [0.15, 0.2) is 0 Å². The Hall–Kier alpha value is -1.07. The molecule has 0 aliphatic carbocycles. The molecule has 0 atom stereocenters. The zero-order chi connectivity index (χ0) is 16.8. The van der Waals surface area contributed by atoms with Gasteiger partial charge in [-0.3, -0.25) is 4.79 Å². The van der Waals surface area contributed by atoms with E-state index in [0.717, 1.165) is 5.56 Å². The summed E-state index contributed by atoms with van der Waals surface area (Å²) >= 11 is 19.3. The molecule has 1 N–H and O–H groups in total. The van der Waals surface area contributed by atoms with Crippen LogP contribution in [0.1, 0.15) is 5.56 Å². The number of ether oxygens (including phenoxy) is 1. The molecule has 0 bridgehead atoms. The number of thioether (sulfide) groups is 1. The number of anilines is 1. The summed E-state index contributed by atoms with van der Waals surface area (Å²) in [7, 11) is 1.54. The average molecular weight is 391 g/mol. The van der Waals surface area contributed by atoms with Crippen LogP contribution in [0.4, 0.5) is 5.69 Å². The SMILES string of the molecule is COc1ccc(Cl)cc1NC(=O)CSCc1ccc(Cl)cc1Cl. The highest BCUT2D eigenvalue weighted by Gasteiger charge is 2.09. The molecule has 0 heterocycles. The van der Waals surface area contributed by atoms with E-state index in [1.165, 1.54) is 18.9 Å². The lowest BCUT2D eigenvalue weighted by Crippen LogP contribution is -2.14. The summed E-state index contributed by atoms with van der Waals surface area (Å²) in [5.41, 5.74) is 1.49. The third-order valence-corrected chi connectivity index (χ3v) is 4.74. The van der Waals surface area contributed by atoms with Gasteiger partial charge in [0.25, 0.3) is 0 Å². The highest BCUT2D eigenvalue weighted by molar-refractivity contribution is 7.99. The van der Waals surface area contributed by atoms with Crippen LogP contribution < -0.4 is 10.1 Å². The number of carbonyl (C=O) groups is 1. The van der Waals surface area contributed by atoms with Gasteiger partial charge in [0.2, 0.25) is 5.91 Å². The second kappa shape index (κ2) is 8.69. The zero-order valence-corrected chi connectivity index (χ0v) is 15.3. The van der Waals surface area contributed by atoms with E-state index in [2.05, 4.69) is 5.32 Å². The molecule has 2 aromatic carbocycles. The molecule has 23 heavy (non-hydrogen) atoms. The van der Waals surface area contributed by atoms with Crippen molar-refractivity contribution in [3.8, 4) is 5.75 Å². The monoisotopic (exact) mass is 389 g/mol. The molecule has 0 aliphatic rings. The Labute approximate surface area is 154 Å². The van der Waals surface area contributed by atoms with Crippen molar-refractivity contribution in [1.82, 2.24) is 0 Å². The molecule has 0 saturated heterocycles. The van der Waals surface area contributed by atoms with Crippen molar-refractivity contribution in [1.29, 1.82) is 0 Å². The molecule has 0 spiro atoms. The molecule has 0 radical (unpaired) electrons. The molecule has 1 amide bonds. The van der Waals surface area contributed by atoms with Crippen LogP contribution in [-0.2, 0) is 10.5 Å².